The van der Waals surface area contributed by atoms with Crippen LogP contribution >= 0.6 is 0 Å². The molecule has 0 amide bonds. The Labute approximate surface area is 83.9 Å². The van der Waals surface area contributed by atoms with E-state index in [9.17, 15) is 0 Å². The monoisotopic (exact) mass is 189 g/mol. The summed E-state index contributed by atoms with van der Waals surface area (Å²) in [5.41, 5.74) is 2.59. The molecule has 1 aromatic heterocycles. The van der Waals surface area contributed by atoms with Gasteiger partial charge < -0.3 is 4.52 Å². The number of fused-ring (bicyclic) bond motifs is 1. The van der Waals surface area contributed by atoms with E-state index in [-0.39, 0.29) is 0 Å². The fraction of sp³-hybridized carbons (Fsp3) is 0.417. The summed E-state index contributed by atoms with van der Waals surface area (Å²) < 4.78 is 4.90. The first-order valence-corrected chi connectivity index (χ1v) is 4.88. The Bertz CT molecular complexity index is 437. The van der Waals surface area contributed by atoms with E-state index in [4.69, 9.17) is 4.52 Å². The third kappa shape index (κ3) is 1.95. The molecular formula is C12H15NO. The molecule has 14 heavy (non-hydrogen) atoms. The Kier molecular flexibility index (Phi) is 2.06. The third-order valence-electron chi connectivity index (χ3n) is 2.16. The Morgan fingerprint density at radius 3 is 2.79 bits per heavy atom. The van der Waals surface area contributed by atoms with Crippen LogP contribution in [0, 0.1) is 5.41 Å². The third-order valence-corrected chi connectivity index (χ3v) is 2.16. The number of rotatable bonds is 1. The SMILES string of the molecule is CC(C)(C)Cc1ccc2conc2c1. The highest BCUT2D eigenvalue weighted by molar-refractivity contribution is 5.77. The van der Waals surface area contributed by atoms with Gasteiger partial charge in [-0.05, 0) is 29.5 Å². The van der Waals surface area contributed by atoms with E-state index < -0.39 is 0 Å². The highest BCUT2D eigenvalue weighted by Crippen LogP contribution is 2.22. The predicted molar refractivity (Wildman–Crippen MR) is 57.2 cm³/mol. The molecule has 0 atom stereocenters. The maximum absolute atomic E-state index is 4.90. The summed E-state index contributed by atoms with van der Waals surface area (Å²) in [6.45, 7) is 6.71. The van der Waals surface area contributed by atoms with E-state index in [0.717, 1.165) is 17.3 Å². The van der Waals surface area contributed by atoms with E-state index in [1.54, 1.807) is 6.26 Å². The molecule has 74 valence electrons. The quantitative estimate of drug-likeness (QED) is 0.687. The van der Waals surface area contributed by atoms with Crippen LogP contribution in [0.2, 0.25) is 0 Å². The van der Waals surface area contributed by atoms with Crippen LogP contribution in [0.15, 0.2) is 29.0 Å². The summed E-state index contributed by atoms with van der Waals surface area (Å²) in [5, 5.41) is 5.01. The summed E-state index contributed by atoms with van der Waals surface area (Å²) in [5.74, 6) is 0. The van der Waals surface area contributed by atoms with Gasteiger partial charge in [0.2, 0.25) is 0 Å². The van der Waals surface area contributed by atoms with Gasteiger partial charge in [-0.25, -0.2) is 0 Å². The maximum Gasteiger partial charge on any atom is 0.131 e. The molecule has 2 rings (SSSR count). The lowest BCUT2D eigenvalue weighted by molar-refractivity contribution is 0.411. The van der Waals surface area contributed by atoms with E-state index in [1.165, 1.54) is 5.56 Å². The first-order valence-electron chi connectivity index (χ1n) is 4.88. The summed E-state index contributed by atoms with van der Waals surface area (Å²) in [7, 11) is 0. The molecule has 0 saturated carbocycles. The second-order valence-electron chi connectivity index (χ2n) is 4.95. The van der Waals surface area contributed by atoms with Crippen LogP contribution < -0.4 is 0 Å². The maximum atomic E-state index is 4.90. The molecule has 0 aliphatic rings. The molecule has 2 heteroatoms. The number of aromatic nitrogens is 1. The molecule has 0 spiro atoms. The highest BCUT2D eigenvalue weighted by Gasteiger charge is 2.11. The molecule has 0 radical (unpaired) electrons. The predicted octanol–water partition coefficient (Wildman–Crippen LogP) is 3.42. The fourth-order valence-corrected chi connectivity index (χ4v) is 1.63. The lowest BCUT2D eigenvalue weighted by atomic mass is 9.88. The number of hydrogen-bond acceptors (Lipinski definition) is 2. The van der Waals surface area contributed by atoms with Gasteiger partial charge in [-0.3, -0.25) is 0 Å². The first kappa shape index (κ1) is 9.25. The van der Waals surface area contributed by atoms with Crippen LogP contribution in [0.5, 0.6) is 0 Å². The standard InChI is InChI=1S/C12H15NO/c1-12(2,3)7-9-4-5-10-8-14-13-11(10)6-9/h4-6,8H,7H2,1-3H3. The first-order chi connectivity index (χ1) is 6.54. The van der Waals surface area contributed by atoms with Crippen molar-refractivity contribution in [3.63, 3.8) is 0 Å². The topological polar surface area (TPSA) is 26.0 Å². The summed E-state index contributed by atoms with van der Waals surface area (Å²) in [6.07, 6.45) is 2.74. The van der Waals surface area contributed by atoms with E-state index in [0.29, 0.717) is 5.41 Å². The van der Waals surface area contributed by atoms with Crippen LogP contribution in [-0.4, -0.2) is 5.16 Å². The second-order valence-corrected chi connectivity index (χ2v) is 4.95. The van der Waals surface area contributed by atoms with Crippen molar-refractivity contribution < 1.29 is 4.52 Å². The molecule has 1 aromatic carbocycles. The van der Waals surface area contributed by atoms with Crippen LogP contribution in [0.1, 0.15) is 26.3 Å². The van der Waals surface area contributed by atoms with Crippen LogP contribution in [0.4, 0.5) is 0 Å². The minimum absolute atomic E-state index is 0.317. The van der Waals surface area contributed by atoms with Crippen molar-refractivity contribution in [2.75, 3.05) is 0 Å². The largest absolute Gasteiger partial charge is 0.364 e. The van der Waals surface area contributed by atoms with Gasteiger partial charge in [-0.1, -0.05) is 32.0 Å². The van der Waals surface area contributed by atoms with Gasteiger partial charge in [-0.15, -0.1) is 0 Å². The molecule has 1 heterocycles. The number of hydrogen-bond donors (Lipinski definition) is 0. The van der Waals surface area contributed by atoms with Gasteiger partial charge in [0.15, 0.2) is 0 Å². The van der Waals surface area contributed by atoms with Gasteiger partial charge in [-0.2, -0.15) is 0 Å². The average Bonchev–Trinajstić information content (AvgIpc) is 2.47. The van der Waals surface area contributed by atoms with Gasteiger partial charge in [0, 0.05) is 5.39 Å². The van der Waals surface area contributed by atoms with Gasteiger partial charge in [0.25, 0.3) is 0 Å². The van der Waals surface area contributed by atoms with E-state index >= 15 is 0 Å². The minimum atomic E-state index is 0.317. The van der Waals surface area contributed by atoms with Crippen molar-refractivity contribution in [3.05, 3.63) is 30.0 Å². The van der Waals surface area contributed by atoms with Gasteiger partial charge in [0.05, 0.1) is 0 Å². The molecule has 0 bridgehead atoms. The second kappa shape index (κ2) is 3.12. The molecule has 0 aliphatic carbocycles. The van der Waals surface area contributed by atoms with Crippen molar-refractivity contribution >= 4 is 10.9 Å². The van der Waals surface area contributed by atoms with E-state index in [1.807, 2.05) is 0 Å². The van der Waals surface area contributed by atoms with Crippen molar-refractivity contribution in [1.82, 2.24) is 5.16 Å². The smallest absolute Gasteiger partial charge is 0.131 e. The molecule has 0 saturated heterocycles. The molecule has 2 aromatic rings. The number of benzene rings is 1. The molecule has 0 aliphatic heterocycles. The Balaban J connectivity index is 2.35. The average molecular weight is 189 g/mol. The van der Waals surface area contributed by atoms with Gasteiger partial charge in [0.1, 0.15) is 11.8 Å². The van der Waals surface area contributed by atoms with Crippen LogP contribution in [0.25, 0.3) is 10.9 Å². The molecule has 2 nitrogen and oxygen atoms in total. The molecule has 0 fully saturated rings. The normalized spacial score (nSPS) is 12.2. The lowest BCUT2D eigenvalue weighted by Gasteiger charge is -2.17. The molecule has 0 unspecified atom stereocenters. The fourth-order valence-electron chi connectivity index (χ4n) is 1.63. The van der Waals surface area contributed by atoms with Crippen molar-refractivity contribution in [2.45, 2.75) is 27.2 Å². The zero-order valence-electron chi connectivity index (χ0n) is 8.87. The zero-order valence-corrected chi connectivity index (χ0v) is 8.87. The molecule has 0 N–H and O–H groups in total. The van der Waals surface area contributed by atoms with Gasteiger partial charge >= 0.3 is 0 Å². The summed E-state index contributed by atoms with van der Waals surface area (Å²) in [4.78, 5) is 0. The highest BCUT2D eigenvalue weighted by atomic mass is 16.5. The zero-order chi connectivity index (χ0) is 10.2. The summed E-state index contributed by atoms with van der Waals surface area (Å²) >= 11 is 0. The molecular weight excluding hydrogens is 174 g/mol. The Hall–Kier alpha value is -1.31. The Morgan fingerprint density at radius 1 is 1.29 bits per heavy atom. The number of nitrogens with zero attached hydrogens (tertiary/aromatic N) is 1. The van der Waals surface area contributed by atoms with Crippen molar-refractivity contribution in [2.24, 2.45) is 5.41 Å². The lowest BCUT2D eigenvalue weighted by Crippen LogP contribution is -2.08. The Morgan fingerprint density at radius 2 is 2.07 bits per heavy atom. The van der Waals surface area contributed by atoms with Crippen molar-refractivity contribution in [3.8, 4) is 0 Å². The van der Waals surface area contributed by atoms with Crippen LogP contribution in [0.3, 0.4) is 0 Å². The van der Waals surface area contributed by atoms with Crippen LogP contribution in [-0.2, 0) is 6.42 Å². The minimum Gasteiger partial charge on any atom is -0.364 e. The van der Waals surface area contributed by atoms with Crippen molar-refractivity contribution in [1.29, 1.82) is 0 Å². The van der Waals surface area contributed by atoms with E-state index in [2.05, 4.69) is 44.1 Å². The summed E-state index contributed by atoms with van der Waals surface area (Å²) in [6, 6.07) is 6.31.